The summed E-state index contributed by atoms with van der Waals surface area (Å²) in [5.74, 6) is 1.19. The summed E-state index contributed by atoms with van der Waals surface area (Å²) in [6.45, 7) is 7.61. The van der Waals surface area contributed by atoms with E-state index in [4.69, 9.17) is 4.52 Å². The lowest BCUT2D eigenvalue weighted by molar-refractivity contribution is 0.0935. The fourth-order valence-corrected chi connectivity index (χ4v) is 2.72. The zero-order valence-corrected chi connectivity index (χ0v) is 14.8. The first-order valence-electron chi connectivity index (χ1n) is 8.34. The molecule has 1 unspecified atom stereocenters. The highest BCUT2D eigenvalue weighted by molar-refractivity contribution is 5.96. The second-order valence-corrected chi connectivity index (χ2v) is 6.41. The van der Waals surface area contributed by atoms with Gasteiger partial charge in [-0.3, -0.25) is 4.79 Å². The number of nitrogens with one attached hydrogen (secondary N) is 2. The van der Waals surface area contributed by atoms with Crippen molar-refractivity contribution in [2.45, 2.75) is 39.7 Å². The number of aryl methyl sites for hydroxylation is 1. The molecule has 2 heterocycles. The largest absolute Gasteiger partial charge is 0.360 e. The summed E-state index contributed by atoms with van der Waals surface area (Å²) in [5.41, 5.74) is 3.08. The lowest BCUT2D eigenvalue weighted by Crippen LogP contribution is -2.28. The van der Waals surface area contributed by atoms with Crippen LogP contribution in [0.3, 0.4) is 0 Å². The number of benzene rings is 1. The minimum absolute atomic E-state index is 0.0885. The Labute approximate surface area is 146 Å². The van der Waals surface area contributed by atoms with Crippen molar-refractivity contribution in [3.8, 4) is 11.3 Å². The third kappa shape index (κ3) is 3.47. The van der Waals surface area contributed by atoms with E-state index in [-0.39, 0.29) is 17.9 Å². The van der Waals surface area contributed by atoms with Gasteiger partial charge in [-0.15, -0.1) is 0 Å². The molecule has 0 aliphatic rings. The third-order valence-corrected chi connectivity index (χ3v) is 4.08. The summed E-state index contributed by atoms with van der Waals surface area (Å²) < 4.78 is 5.29. The summed E-state index contributed by atoms with van der Waals surface area (Å²) in [7, 11) is 0. The fourth-order valence-electron chi connectivity index (χ4n) is 2.72. The van der Waals surface area contributed by atoms with Crippen LogP contribution in [0.25, 0.3) is 11.3 Å². The quantitative estimate of drug-likeness (QED) is 0.737. The monoisotopic (exact) mass is 338 g/mol. The number of hydrogen-bond acceptors (Lipinski definition) is 4. The van der Waals surface area contributed by atoms with Gasteiger partial charge in [-0.05, 0) is 19.4 Å². The number of aromatic amines is 1. The van der Waals surface area contributed by atoms with Crippen LogP contribution in [0.15, 0.2) is 41.1 Å². The summed E-state index contributed by atoms with van der Waals surface area (Å²) in [6.07, 6.45) is 1.78. The van der Waals surface area contributed by atoms with Crippen molar-refractivity contribution in [3.05, 3.63) is 59.4 Å². The molecule has 1 amide bonds. The summed E-state index contributed by atoms with van der Waals surface area (Å²) in [4.78, 5) is 20.3. The first-order chi connectivity index (χ1) is 12.0. The SMILES string of the molecule is Cc1noc(C(C)C)c1C(=O)NC(C)c1ncc(-c2ccccc2)[nH]1. The molecule has 2 N–H and O–H groups in total. The second kappa shape index (κ2) is 6.93. The van der Waals surface area contributed by atoms with Crippen molar-refractivity contribution in [2.75, 3.05) is 0 Å². The van der Waals surface area contributed by atoms with Gasteiger partial charge >= 0.3 is 0 Å². The maximum absolute atomic E-state index is 12.7. The molecule has 6 nitrogen and oxygen atoms in total. The molecule has 6 heteroatoms. The van der Waals surface area contributed by atoms with Gasteiger partial charge in [0, 0.05) is 5.92 Å². The van der Waals surface area contributed by atoms with Crippen molar-refractivity contribution in [1.82, 2.24) is 20.4 Å². The van der Waals surface area contributed by atoms with E-state index in [1.165, 1.54) is 0 Å². The van der Waals surface area contributed by atoms with E-state index in [0.717, 1.165) is 11.3 Å². The van der Waals surface area contributed by atoms with Crippen LogP contribution < -0.4 is 5.32 Å². The number of carbonyl (C=O) groups excluding carboxylic acids is 1. The molecule has 0 fully saturated rings. The van der Waals surface area contributed by atoms with Gasteiger partial charge in [0.1, 0.15) is 11.4 Å². The fraction of sp³-hybridized carbons (Fsp3) is 0.316. The first-order valence-corrected chi connectivity index (χ1v) is 8.34. The lowest BCUT2D eigenvalue weighted by atomic mass is 10.0. The molecular formula is C19H22N4O2. The van der Waals surface area contributed by atoms with Crippen molar-refractivity contribution in [2.24, 2.45) is 0 Å². The number of imidazole rings is 1. The summed E-state index contributed by atoms with van der Waals surface area (Å²) in [6, 6.07) is 9.68. The van der Waals surface area contributed by atoms with E-state index in [0.29, 0.717) is 22.8 Å². The first kappa shape index (κ1) is 17.0. The Morgan fingerprint density at radius 2 is 1.92 bits per heavy atom. The average molecular weight is 338 g/mol. The smallest absolute Gasteiger partial charge is 0.257 e. The topological polar surface area (TPSA) is 83.8 Å². The molecule has 0 aliphatic carbocycles. The highest BCUT2D eigenvalue weighted by Crippen LogP contribution is 2.23. The Hall–Kier alpha value is -2.89. The van der Waals surface area contributed by atoms with Crippen LogP contribution in [0.4, 0.5) is 0 Å². The van der Waals surface area contributed by atoms with Crippen LogP contribution in [0, 0.1) is 6.92 Å². The van der Waals surface area contributed by atoms with Crippen LogP contribution in [-0.2, 0) is 0 Å². The molecule has 0 radical (unpaired) electrons. The molecule has 1 atom stereocenters. The third-order valence-electron chi connectivity index (χ3n) is 4.08. The number of hydrogen-bond donors (Lipinski definition) is 2. The number of nitrogens with zero attached hydrogens (tertiary/aromatic N) is 2. The predicted octanol–water partition coefficient (Wildman–Crippen LogP) is 3.99. The highest BCUT2D eigenvalue weighted by Gasteiger charge is 2.24. The molecule has 25 heavy (non-hydrogen) atoms. The minimum atomic E-state index is -0.265. The van der Waals surface area contributed by atoms with E-state index in [1.807, 2.05) is 51.1 Å². The Kier molecular flexibility index (Phi) is 4.70. The van der Waals surface area contributed by atoms with Crippen LogP contribution in [0.1, 0.15) is 60.4 Å². The number of H-pyrrole nitrogens is 1. The average Bonchev–Trinajstić information content (AvgIpc) is 3.22. The Morgan fingerprint density at radius 1 is 1.20 bits per heavy atom. The van der Waals surface area contributed by atoms with Gasteiger partial charge in [-0.25, -0.2) is 4.98 Å². The summed E-state index contributed by atoms with van der Waals surface area (Å²) in [5, 5.41) is 6.89. The molecule has 3 rings (SSSR count). The minimum Gasteiger partial charge on any atom is -0.360 e. The van der Waals surface area contributed by atoms with Gasteiger partial charge < -0.3 is 14.8 Å². The second-order valence-electron chi connectivity index (χ2n) is 6.41. The molecule has 0 bridgehead atoms. The highest BCUT2D eigenvalue weighted by atomic mass is 16.5. The van der Waals surface area contributed by atoms with E-state index in [9.17, 15) is 4.79 Å². The van der Waals surface area contributed by atoms with Crippen LogP contribution in [0.2, 0.25) is 0 Å². The maximum atomic E-state index is 12.7. The van der Waals surface area contributed by atoms with E-state index in [1.54, 1.807) is 13.1 Å². The van der Waals surface area contributed by atoms with E-state index >= 15 is 0 Å². The maximum Gasteiger partial charge on any atom is 0.257 e. The Morgan fingerprint density at radius 3 is 2.60 bits per heavy atom. The standard InChI is InChI=1S/C19H22N4O2/c1-11(2)17-16(12(3)23-25-17)19(24)21-13(4)18-20-10-15(22-18)14-8-6-5-7-9-14/h5-11,13H,1-4H3,(H,20,22)(H,21,24). The van der Waals surface area contributed by atoms with Crippen molar-refractivity contribution in [3.63, 3.8) is 0 Å². The van der Waals surface area contributed by atoms with Gasteiger partial charge in [0.2, 0.25) is 0 Å². The van der Waals surface area contributed by atoms with Gasteiger partial charge in [0.15, 0.2) is 5.76 Å². The number of carbonyl (C=O) groups is 1. The Balaban J connectivity index is 1.77. The molecule has 0 saturated carbocycles. The lowest BCUT2D eigenvalue weighted by Gasteiger charge is -2.12. The molecule has 1 aromatic carbocycles. The zero-order chi connectivity index (χ0) is 18.0. The molecular weight excluding hydrogens is 316 g/mol. The van der Waals surface area contributed by atoms with Crippen molar-refractivity contribution < 1.29 is 9.32 Å². The van der Waals surface area contributed by atoms with Gasteiger partial charge in [0.25, 0.3) is 5.91 Å². The number of amides is 1. The molecule has 3 aromatic rings. The number of aromatic nitrogens is 3. The normalized spacial score (nSPS) is 12.4. The van der Waals surface area contributed by atoms with Gasteiger partial charge in [-0.2, -0.15) is 0 Å². The molecule has 0 spiro atoms. The van der Waals surface area contributed by atoms with Gasteiger partial charge in [0.05, 0.1) is 23.6 Å². The number of rotatable bonds is 5. The predicted molar refractivity (Wildman–Crippen MR) is 95.2 cm³/mol. The molecule has 130 valence electrons. The molecule has 2 aromatic heterocycles. The van der Waals surface area contributed by atoms with Crippen molar-refractivity contribution >= 4 is 5.91 Å². The summed E-state index contributed by atoms with van der Waals surface area (Å²) >= 11 is 0. The van der Waals surface area contributed by atoms with E-state index < -0.39 is 0 Å². The van der Waals surface area contributed by atoms with Crippen LogP contribution in [-0.4, -0.2) is 21.0 Å². The molecule has 0 aliphatic heterocycles. The van der Waals surface area contributed by atoms with Crippen molar-refractivity contribution in [1.29, 1.82) is 0 Å². The van der Waals surface area contributed by atoms with Gasteiger partial charge in [-0.1, -0.05) is 49.3 Å². The van der Waals surface area contributed by atoms with Crippen LogP contribution in [0.5, 0.6) is 0 Å². The molecule has 0 saturated heterocycles. The zero-order valence-electron chi connectivity index (χ0n) is 14.8. The Bertz CT molecular complexity index is 865. The van der Waals surface area contributed by atoms with Crippen LogP contribution >= 0.6 is 0 Å². The van der Waals surface area contributed by atoms with E-state index in [2.05, 4.69) is 20.4 Å².